The highest BCUT2D eigenvalue weighted by Crippen LogP contribution is 2.45. The second-order valence-electron chi connectivity index (χ2n) is 14.3. The molecule has 56 heavy (non-hydrogen) atoms. The van der Waals surface area contributed by atoms with E-state index in [1.807, 2.05) is 72.8 Å². The number of para-hydroxylation sites is 5. The third kappa shape index (κ3) is 4.02. The summed E-state index contributed by atoms with van der Waals surface area (Å²) in [5, 5.41) is 29.0. The first-order valence-corrected chi connectivity index (χ1v) is 18.5. The van der Waals surface area contributed by atoms with Gasteiger partial charge in [-0.25, -0.2) is 0 Å². The molecule has 0 unspecified atom stereocenters. The number of aromatic nitrogens is 2. The van der Waals surface area contributed by atoms with Gasteiger partial charge < -0.3 is 18.0 Å². The summed E-state index contributed by atoms with van der Waals surface area (Å²) in [5.41, 5.74) is 11.9. The maximum atomic E-state index is 10.8. The van der Waals surface area contributed by atoms with Crippen molar-refractivity contribution in [3.63, 3.8) is 0 Å². The molecule has 0 saturated carbocycles. The van der Waals surface area contributed by atoms with E-state index >= 15 is 0 Å². The van der Waals surface area contributed by atoms with Crippen molar-refractivity contribution in [1.82, 2.24) is 9.13 Å². The van der Waals surface area contributed by atoms with Crippen molar-refractivity contribution in [3.05, 3.63) is 169 Å². The number of fused-ring (bicyclic) bond motifs is 13. The number of nitrogens with zero attached hydrogens (tertiary/aromatic N) is 4. The standard InChI is InChI=1S/C50H26N4O2/c51-27-29-20-22-42-37(24-29)38-26-47-39(33-13-4-7-18-45(33)55-47)25-44(38)53(42)40-16-5-1-11-31(40)34-15-9-10-30(28-52)49(34)54-41-17-6-2-14-36(41)48-43(54)23-21-35-32-12-3-8-19-46(32)56-50(35)48/h1-26H. The molecule has 0 radical (unpaired) electrons. The summed E-state index contributed by atoms with van der Waals surface area (Å²) in [6, 6.07) is 58.3. The van der Waals surface area contributed by atoms with Crippen molar-refractivity contribution in [2.24, 2.45) is 0 Å². The summed E-state index contributed by atoms with van der Waals surface area (Å²) in [6.45, 7) is 0. The fourth-order valence-electron chi connectivity index (χ4n) is 9.03. The van der Waals surface area contributed by atoms with Crippen molar-refractivity contribution in [2.75, 3.05) is 0 Å². The molecule has 0 aliphatic heterocycles. The molecule has 0 aliphatic carbocycles. The van der Waals surface area contributed by atoms with Gasteiger partial charge >= 0.3 is 0 Å². The van der Waals surface area contributed by atoms with E-state index < -0.39 is 0 Å². The van der Waals surface area contributed by atoms with Gasteiger partial charge in [-0.05, 0) is 72.8 Å². The van der Waals surface area contributed by atoms with E-state index in [2.05, 4.69) is 106 Å². The van der Waals surface area contributed by atoms with Gasteiger partial charge in [0.25, 0.3) is 0 Å². The average molecular weight is 715 g/mol. The van der Waals surface area contributed by atoms with Crippen LogP contribution in [0.2, 0.25) is 0 Å². The predicted molar refractivity (Wildman–Crippen MR) is 225 cm³/mol. The molecule has 4 heterocycles. The molecule has 0 N–H and O–H groups in total. The van der Waals surface area contributed by atoms with E-state index in [9.17, 15) is 10.5 Å². The number of nitriles is 2. The van der Waals surface area contributed by atoms with Crippen molar-refractivity contribution in [3.8, 4) is 34.6 Å². The Kier molecular flexibility index (Phi) is 6.10. The van der Waals surface area contributed by atoms with Gasteiger partial charge in [-0.15, -0.1) is 0 Å². The summed E-state index contributed by atoms with van der Waals surface area (Å²) < 4.78 is 17.5. The van der Waals surface area contributed by atoms with Crippen LogP contribution in [0.1, 0.15) is 11.1 Å². The molecule has 0 bridgehead atoms. The quantitative estimate of drug-likeness (QED) is 0.182. The second-order valence-corrected chi connectivity index (χ2v) is 14.3. The smallest absolute Gasteiger partial charge is 0.145 e. The van der Waals surface area contributed by atoms with Gasteiger partial charge in [0.15, 0.2) is 0 Å². The summed E-state index contributed by atoms with van der Waals surface area (Å²) >= 11 is 0. The molecular weight excluding hydrogens is 689 g/mol. The lowest BCUT2D eigenvalue weighted by Gasteiger charge is -2.19. The van der Waals surface area contributed by atoms with Crippen molar-refractivity contribution < 1.29 is 8.83 Å². The molecule has 6 nitrogen and oxygen atoms in total. The highest BCUT2D eigenvalue weighted by Gasteiger charge is 2.25. The van der Waals surface area contributed by atoms with Crippen LogP contribution < -0.4 is 0 Å². The van der Waals surface area contributed by atoms with Crippen LogP contribution in [0.15, 0.2) is 167 Å². The fourth-order valence-corrected chi connectivity index (χ4v) is 9.03. The summed E-state index contributed by atoms with van der Waals surface area (Å²) in [4.78, 5) is 0. The molecule has 0 aliphatic rings. The monoisotopic (exact) mass is 714 g/mol. The van der Waals surface area contributed by atoms with E-state index in [1.165, 1.54) is 0 Å². The minimum atomic E-state index is 0.553. The maximum Gasteiger partial charge on any atom is 0.145 e. The van der Waals surface area contributed by atoms with Crippen LogP contribution in [0.25, 0.3) is 110 Å². The van der Waals surface area contributed by atoms with E-state index in [0.717, 1.165) is 110 Å². The highest BCUT2D eigenvalue weighted by atomic mass is 16.3. The predicted octanol–water partition coefficient (Wildman–Crippen LogP) is 13.1. The molecule has 0 atom stereocenters. The molecule has 6 heteroatoms. The van der Waals surface area contributed by atoms with Crippen LogP contribution >= 0.6 is 0 Å². The topological polar surface area (TPSA) is 83.7 Å². The third-order valence-corrected chi connectivity index (χ3v) is 11.4. The molecule has 4 aromatic heterocycles. The van der Waals surface area contributed by atoms with Crippen molar-refractivity contribution >= 4 is 87.5 Å². The maximum absolute atomic E-state index is 10.8. The van der Waals surface area contributed by atoms with Crippen LogP contribution in [0.3, 0.4) is 0 Å². The van der Waals surface area contributed by atoms with Crippen LogP contribution in [0.5, 0.6) is 0 Å². The first-order chi connectivity index (χ1) is 27.7. The van der Waals surface area contributed by atoms with Gasteiger partial charge in [-0.1, -0.05) is 84.9 Å². The molecule has 12 aromatic rings. The Labute approximate surface area is 318 Å². The minimum absolute atomic E-state index is 0.553. The zero-order valence-electron chi connectivity index (χ0n) is 29.6. The average Bonchev–Trinajstić information content (AvgIpc) is 3.99. The molecule has 12 rings (SSSR count). The minimum Gasteiger partial charge on any atom is -0.456 e. The van der Waals surface area contributed by atoms with Gasteiger partial charge in [-0.3, -0.25) is 0 Å². The molecule has 0 amide bonds. The van der Waals surface area contributed by atoms with E-state index in [4.69, 9.17) is 8.83 Å². The number of benzene rings is 8. The SMILES string of the molecule is N#Cc1ccc2c(c1)c1cc3oc4ccccc4c3cc1n2-c1ccccc1-c1cccc(C#N)c1-n1c2ccccc2c2c3oc4ccccc4c3ccc21. The third-order valence-electron chi connectivity index (χ3n) is 11.4. The Hall–Kier alpha value is -8.06. The van der Waals surface area contributed by atoms with Gasteiger partial charge in [-0.2, -0.15) is 10.5 Å². The Morgan fingerprint density at radius 2 is 1.09 bits per heavy atom. The lowest BCUT2D eigenvalue weighted by molar-refractivity contribution is 0.669. The van der Waals surface area contributed by atoms with Gasteiger partial charge in [0.1, 0.15) is 28.4 Å². The normalized spacial score (nSPS) is 11.9. The first-order valence-electron chi connectivity index (χ1n) is 18.5. The Balaban J connectivity index is 1.19. The number of hydrogen-bond donors (Lipinski definition) is 0. The van der Waals surface area contributed by atoms with Crippen molar-refractivity contribution in [2.45, 2.75) is 0 Å². The number of rotatable bonds is 3. The molecule has 0 saturated heterocycles. The zero-order valence-corrected chi connectivity index (χ0v) is 29.6. The largest absolute Gasteiger partial charge is 0.456 e. The van der Waals surface area contributed by atoms with Gasteiger partial charge in [0.2, 0.25) is 0 Å². The van der Waals surface area contributed by atoms with E-state index in [0.29, 0.717) is 11.1 Å². The van der Waals surface area contributed by atoms with Crippen LogP contribution in [0.4, 0.5) is 0 Å². The Bertz CT molecular complexity index is 3750. The number of furan rings is 2. The second kappa shape index (κ2) is 11.2. The molecular formula is C50H26N4O2. The van der Waals surface area contributed by atoms with Crippen LogP contribution in [-0.4, -0.2) is 9.13 Å². The van der Waals surface area contributed by atoms with Gasteiger partial charge in [0.05, 0.1) is 56.0 Å². The van der Waals surface area contributed by atoms with E-state index in [1.54, 1.807) is 0 Å². The highest BCUT2D eigenvalue weighted by molar-refractivity contribution is 6.24. The fraction of sp³-hybridized carbons (Fsp3) is 0. The lowest BCUT2D eigenvalue weighted by Crippen LogP contribution is -2.03. The molecule has 258 valence electrons. The molecule has 0 spiro atoms. The zero-order chi connectivity index (χ0) is 37.1. The summed E-state index contributed by atoms with van der Waals surface area (Å²) in [6.07, 6.45) is 0. The van der Waals surface area contributed by atoms with E-state index in [-0.39, 0.29) is 0 Å². The lowest BCUT2D eigenvalue weighted by atomic mass is 9.98. The van der Waals surface area contributed by atoms with Gasteiger partial charge in [0, 0.05) is 48.8 Å². The summed E-state index contributed by atoms with van der Waals surface area (Å²) in [7, 11) is 0. The van der Waals surface area contributed by atoms with Crippen LogP contribution in [0, 0.1) is 22.7 Å². The Morgan fingerprint density at radius 3 is 1.93 bits per heavy atom. The number of hydrogen-bond acceptors (Lipinski definition) is 4. The molecule has 8 aromatic carbocycles. The van der Waals surface area contributed by atoms with Crippen LogP contribution in [-0.2, 0) is 0 Å². The Morgan fingerprint density at radius 1 is 0.411 bits per heavy atom. The molecule has 0 fully saturated rings. The summed E-state index contributed by atoms with van der Waals surface area (Å²) in [5.74, 6) is 0. The first kappa shape index (κ1) is 30.4. The van der Waals surface area contributed by atoms with Crippen molar-refractivity contribution in [1.29, 1.82) is 10.5 Å².